The van der Waals surface area contributed by atoms with E-state index >= 15 is 0 Å². The molecule has 1 saturated heterocycles. The number of aliphatic imine (C=N–C) groups is 1. The zero-order chi connectivity index (χ0) is 22.9. The molecule has 1 aromatic heterocycles. The van der Waals surface area contributed by atoms with Crippen molar-refractivity contribution in [3.63, 3.8) is 0 Å². The molecule has 0 bridgehead atoms. The van der Waals surface area contributed by atoms with Crippen LogP contribution in [-0.2, 0) is 19.6 Å². The number of nitrogens with one attached hydrogen (secondary N) is 3. The van der Waals surface area contributed by atoms with E-state index in [9.17, 15) is 4.79 Å². The van der Waals surface area contributed by atoms with Crippen LogP contribution in [0, 0.1) is 0 Å². The Bertz CT molecular complexity index is 1070. The molecule has 3 N–H and O–H groups in total. The smallest absolute Gasteiger partial charge is 0.321 e. The summed E-state index contributed by atoms with van der Waals surface area (Å²) in [6.45, 7) is 3.65. The maximum absolute atomic E-state index is 12.4. The van der Waals surface area contributed by atoms with Gasteiger partial charge in [-0.3, -0.25) is 9.67 Å². The van der Waals surface area contributed by atoms with Gasteiger partial charge in [-0.25, -0.2) is 4.79 Å². The number of carbonyl (C=O) groups is 1. The highest BCUT2D eigenvalue weighted by atomic mass is 16.2. The van der Waals surface area contributed by atoms with Gasteiger partial charge in [0.15, 0.2) is 5.96 Å². The topological polar surface area (TPSA) is 86.6 Å². The fourth-order valence-electron chi connectivity index (χ4n) is 3.92. The number of nitrogens with zero attached hydrogens (tertiary/aromatic N) is 4. The molecule has 1 fully saturated rings. The normalized spacial score (nSPS) is 13.7. The summed E-state index contributed by atoms with van der Waals surface area (Å²) < 4.78 is 1.92. The molecule has 0 saturated carbocycles. The molecule has 172 valence electrons. The van der Waals surface area contributed by atoms with Crippen LogP contribution in [0.15, 0.2) is 72.0 Å². The molecular weight excluding hydrogens is 414 g/mol. The van der Waals surface area contributed by atoms with Crippen molar-refractivity contribution in [3.05, 3.63) is 83.7 Å². The van der Waals surface area contributed by atoms with Gasteiger partial charge in [-0.2, -0.15) is 5.10 Å². The van der Waals surface area contributed by atoms with Crippen molar-refractivity contribution >= 4 is 17.7 Å². The third kappa shape index (κ3) is 6.35. The SMILES string of the molecule is CN=C(NCc1cccc(NC(=O)N2CCCC2)c1)NCc1ccccc1Cn1cccn1. The number of benzene rings is 2. The summed E-state index contributed by atoms with van der Waals surface area (Å²) >= 11 is 0. The van der Waals surface area contributed by atoms with Crippen molar-refractivity contribution in [2.24, 2.45) is 4.99 Å². The van der Waals surface area contributed by atoms with Crippen LogP contribution in [0.2, 0.25) is 0 Å². The second-order valence-electron chi connectivity index (χ2n) is 8.08. The van der Waals surface area contributed by atoms with Crippen molar-refractivity contribution < 1.29 is 4.79 Å². The minimum absolute atomic E-state index is 0.0242. The van der Waals surface area contributed by atoms with Gasteiger partial charge in [0.2, 0.25) is 0 Å². The van der Waals surface area contributed by atoms with Crippen molar-refractivity contribution in [2.45, 2.75) is 32.5 Å². The number of carbonyl (C=O) groups excluding carboxylic acids is 1. The maximum Gasteiger partial charge on any atom is 0.321 e. The highest BCUT2D eigenvalue weighted by Gasteiger charge is 2.17. The van der Waals surface area contributed by atoms with Gasteiger partial charge in [0.05, 0.1) is 6.54 Å². The number of urea groups is 1. The number of likely N-dealkylation sites (tertiary alicyclic amines) is 1. The van der Waals surface area contributed by atoms with E-state index in [1.807, 2.05) is 58.2 Å². The lowest BCUT2D eigenvalue weighted by atomic mass is 10.1. The number of hydrogen-bond acceptors (Lipinski definition) is 3. The molecule has 0 spiro atoms. The fourth-order valence-corrected chi connectivity index (χ4v) is 3.92. The molecule has 0 unspecified atom stereocenters. The Labute approximate surface area is 194 Å². The van der Waals surface area contributed by atoms with E-state index in [4.69, 9.17) is 0 Å². The van der Waals surface area contributed by atoms with Crippen LogP contribution in [-0.4, -0.2) is 46.8 Å². The largest absolute Gasteiger partial charge is 0.352 e. The first kappa shape index (κ1) is 22.4. The van der Waals surface area contributed by atoms with Gasteiger partial charge in [-0.15, -0.1) is 0 Å². The summed E-state index contributed by atoms with van der Waals surface area (Å²) in [6.07, 6.45) is 5.92. The van der Waals surface area contributed by atoms with Crippen LogP contribution < -0.4 is 16.0 Å². The second kappa shape index (κ2) is 11.2. The molecule has 0 radical (unpaired) electrons. The summed E-state index contributed by atoms with van der Waals surface area (Å²) in [6, 6.07) is 18.1. The first-order valence-electron chi connectivity index (χ1n) is 11.3. The Morgan fingerprint density at radius 1 is 1.00 bits per heavy atom. The molecule has 8 heteroatoms. The average molecular weight is 446 g/mol. The number of amides is 2. The lowest BCUT2D eigenvalue weighted by Crippen LogP contribution is -2.36. The molecule has 2 aromatic carbocycles. The lowest BCUT2D eigenvalue weighted by molar-refractivity contribution is 0.222. The third-order valence-corrected chi connectivity index (χ3v) is 5.71. The molecule has 4 rings (SSSR count). The summed E-state index contributed by atoms with van der Waals surface area (Å²) in [4.78, 5) is 18.6. The average Bonchev–Trinajstić information content (AvgIpc) is 3.55. The van der Waals surface area contributed by atoms with E-state index in [2.05, 4.69) is 38.2 Å². The molecule has 1 aliphatic rings. The van der Waals surface area contributed by atoms with E-state index in [0.717, 1.165) is 49.7 Å². The van der Waals surface area contributed by atoms with Crippen molar-refractivity contribution in [2.75, 3.05) is 25.5 Å². The molecule has 8 nitrogen and oxygen atoms in total. The Morgan fingerprint density at radius 2 is 1.79 bits per heavy atom. The van der Waals surface area contributed by atoms with Gasteiger partial charge in [-0.1, -0.05) is 36.4 Å². The molecule has 1 aliphatic heterocycles. The predicted octanol–water partition coefficient (Wildman–Crippen LogP) is 3.42. The number of aromatic nitrogens is 2. The molecule has 0 aliphatic carbocycles. The van der Waals surface area contributed by atoms with Crippen molar-refractivity contribution in [1.29, 1.82) is 0 Å². The number of rotatable bonds is 7. The molecule has 0 atom stereocenters. The minimum Gasteiger partial charge on any atom is -0.352 e. The van der Waals surface area contributed by atoms with E-state index in [1.54, 1.807) is 13.2 Å². The number of guanidine groups is 1. The van der Waals surface area contributed by atoms with Crippen LogP contribution in [0.5, 0.6) is 0 Å². The number of anilines is 1. The third-order valence-electron chi connectivity index (χ3n) is 5.71. The van der Waals surface area contributed by atoms with Gasteiger partial charge in [-0.05, 0) is 47.7 Å². The second-order valence-corrected chi connectivity index (χ2v) is 8.08. The Kier molecular flexibility index (Phi) is 7.58. The quantitative estimate of drug-likeness (QED) is 0.384. The maximum atomic E-state index is 12.4. The highest BCUT2D eigenvalue weighted by Crippen LogP contribution is 2.14. The van der Waals surface area contributed by atoms with Crippen LogP contribution in [0.3, 0.4) is 0 Å². The molecule has 2 heterocycles. The van der Waals surface area contributed by atoms with Gasteiger partial charge >= 0.3 is 6.03 Å². The fraction of sp³-hybridized carbons (Fsp3) is 0.320. The minimum atomic E-state index is -0.0242. The summed E-state index contributed by atoms with van der Waals surface area (Å²) in [7, 11) is 1.76. The Morgan fingerprint density at radius 3 is 2.55 bits per heavy atom. The Balaban J connectivity index is 1.30. The predicted molar refractivity (Wildman–Crippen MR) is 131 cm³/mol. The summed E-state index contributed by atoms with van der Waals surface area (Å²) in [5.41, 5.74) is 4.28. The molecular formula is C25H31N7O. The molecule has 2 amide bonds. The van der Waals surface area contributed by atoms with Gasteiger partial charge in [0, 0.05) is 51.3 Å². The lowest BCUT2D eigenvalue weighted by Gasteiger charge is -2.17. The summed E-state index contributed by atoms with van der Waals surface area (Å²) in [5, 5.41) is 14.1. The van der Waals surface area contributed by atoms with Gasteiger partial charge in [0.1, 0.15) is 0 Å². The van der Waals surface area contributed by atoms with Gasteiger partial charge in [0.25, 0.3) is 0 Å². The Hall–Kier alpha value is -3.81. The molecule has 3 aromatic rings. The standard InChI is InChI=1S/C25H31N7O/c1-26-24(28-18-21-9-2-3-10-22(21)19-32-15-7-12-29-32)27-17-20-8-6-11-23(16-20)30-25(33)31-13-4-5-14-31/h2-3,6-12,15-16H,4-5,13-14,17-19H2,1H3,(H,30,33)(H2,26,27,28). The highest BCUT2D eigenvalue weighted by molar-refractivity contribution is 5.89. The first-order chi connectivity index (χ1) is 16.2. The van der Waals surface area contributed by atoms with Gasteiger partial charge < -0.3 is 20.9 Å². The van der Waals surface area contributed by atoms with Crippen LogP contribution in [0.4, 0.5) is 10.5 Å². The van der Waals surface area contributed by atoms with E-state index in [-0.39, 0.29) is 6.03 Å². The zero-order valence-electron chi connectivity index (χ0n) is 19.0. The van der Waals surface area contributed by atoms with E-state index in [0.29, 0.717) is 13.1 Å². The number of hydrogen-bond donors (Lipinski definition) is 3. The van der Waals surface area contributed by atoms with Crippen LogP contribution in [0.25, 0.3) is 0 Å². The van der Waals surface area contributed by atoms with Crippen molar-refractivity contribution in [1.82, 2.24) is 25.3 Å². The summed E-state index contributed by atoms with van der Waals surface area (Å²) in [5.74, 6) is 0.718. The van der Waals surface area contributed by atoms with E-state index < -0.39 is 0 Å². The van der Waals surface area contributed by atoms with Crippen LogP contribution >= 0.6 is 0 Å². The molecule has 33 heavy (non-hydrogen) atoms. The van der Waals surface area contributed by atoms with Crippen molar-refractivity contribution in [3.8, 4) is 0 Å². The first-order valence-corrected chi connectivity index (χ1v) is 11.3. The van der Waals surface area contributed by atoms with Crippen LogP contribution in [0.1, 0.15) is 29.5 Å². The van der Waals surface area contributed by atoms with E-state index in [1.165, 1.54) is 11.1 Å². The zero-order valence-corrected chi connectivity index (χ0v) is 19.0. The monoisotopic (exact) mass is 445 g/mol.